The normalized spacial score (nSPS) is 23.9. The lowest BCUT2D eigenvalue weighted by Gasteiger charge is -2.41. The van der Waals surface area contributed by atoms with Crippen LogP contribution in [0.15, 0.2) is 46.3 Å². The van der Waals surface area contributed by atoms with Crippen molar-refractivity contribution in [3.05, 3.63) is 56.7 Å². The topological polar surface area (TPSA) is 15.3 Å². The zero-order chi connectivity index (χ0) is 14.0. The molecule has 2 nitrogen and oxygen atoms in total. The molecule has 2 heterocycles. The molecule has 20 heavy (non-hydrogen) atoms. The fourth-order valence-corrected chi connectivity index (χ4v) is 4.39. The van der Waals surface area contributed by atoms with Crippen molar-refractivity contribution < 1.29 is 0 Å². The summed E-state index contributed by atoms with van der Waals surface area (Å²) in [6.45, 7) is 6.54. The molecule has 1 aromatic carbocycles. The predicted octanol–water partition coefficient (Wildman–Crippen LogP) is 3.83. The van der Waals surface area contributed by atoms with Crippen molar-refractivity contribution in [3.63, 3.8) is 0 Å². The second kappa shape index (κ2) is 5.98. The molecule has 0 spiro atoms. The molecular formula is C16H19BrN2S. The van der Waals surface area contributed by atoms with Gasteiger partial charge in [-0.1, -0.05) is 30.3 Å². The van der Waals surface area contributed by atoms with E-state index in [1.165, 1.54) is 14.2 Å². The van der Waals surface area contributed by atoms with Gasteiger partial charge >= 0.3 is 0 Å². The first-order chi connectivity index (χ1) is 9.66. The minimum Gasteiger partial charge on any atom is -0.305 e. The van der Waals surface area contributed by atoms with Gasteiger partial charge in [0, 0.05) is 31.1 Å². The number of hydrogen-bond donors (Lipinski definition) is 1. The zero-order valence-electron chi connectivity index (χ0n) is 11.6. The first-order valence-electron chi connectivity index (χ1n) is 6.93. The summed E-state index contributed by atoms with van der Waals surface area (Å²) in [7, 11) is 0. The van der Waals surface area contributed by atoms with Crippen molar-refractivity contribution in [2.75, 3.05) is 19.6 Å². The van der Waals surface area contributed by atoms with Gasteiger partial charge in [0.1, 0.15) is 0 Å². The smallest absolute Gasteiger partial charge is 0.0701 e. The zero-order valence-corrected chi connectivity index (χ0v) is 14.0. The maximum atomic E-state index is 3.69. The molecule has 1 saturated heterocycles. The molecule has 0 aliphatic carbocycles. The number of thiophene rings is 1. The molecule has 1 unspecified atom stereocenters. The van der Waals surface area contributed by atoms with Crippen LogP contribution in [0.2, 0.25) is 0 Å². The highest BCUT2D eigenvalue weighted by atomic mass is 79.9. The van der Waals surface area contributed by atoms with Crippen LogP contribution in [0.4, 0.5) is 0 Å². The summed E-state index contributed by atoms with van der Waals surface area (Å²) in [4.78, 5) is 3.97. The molecule has 1 N–H and O–H groups in total. The molecule has 4 heteroatoms. The van der Waals surface area contributed by atoms with Crippen LogP contribution in [0.1, 0.15) is 17.4 Å². The molecule has 0 amide bonds. The number of nitrogens with zero attached hydrogens (tertiary/aromatic N) is 1. The summed E-state index contributed by atoms with van der Waals surface area (Å²) in [6.07, 6.45) is 0. The van der Waals surface area contributed by atoms with Crippen molar-refractivity contribution in [1.82, 2.24) is 10.2 Å². The first kappa shape index (κ1) is 14.3. The van der Waals surface area contributed by atoms with E-state index in [0.717, 1.165) is 26.2 Å². The van der Waals surface area contributed by atoms with Crippen molar-refractivity contribution in [3.8, 4) is 0 Å². The van der Waals surface area contributed by atoms with E-state index in [-0.39, 0.29) is 5.54 Å². The highest BCUT2D eigenvalue weighted by Gasteiger charge is 2.32. The lowest BCUT2D eigenvalue weighted by Crippen LogP contribution is -2.56. The van der Waals surface area contributed by atoms with Crippen LogP contribution in [0, 0.1) is 0 Å². The molecular weight excluding hydrogens is 332 g/mol. The van der Waals surface area contributed by atoms with Gasteiger partial charge in [0.15, 0.2) is 0 Å². The van der Waals surface area contributed by atoms with Gasteiger partial charge in [-0.3, -0.25) is 4.90 Å². The molecule has 0 saturated carbocycles. The van der Waals surface area contributed by atoms with E-state index in [1.807, 2.05) is 11.3 Å². The number of piperazine rings is 1. The fourth-order valence-electron chi connectivity index (χ4n) is 2.86. The SMILES string of the molecule is CC1(c2ccccc2)CN(Cc2ccc(Br)s2)CCN1. The first-order valence-corrected chi connectivity index (χ1v) is 8.54. The molecule has 1 aliphatic rings. The average molecular weight is 351 g/mol. The van der Waals surface area contributed by atoms with Crippen molar-refractivity contribution in [1.29, 1.82) is 0 Å². The second-order valence-electron chi connectivity index (χ2n) is 5.54. The molecule has 106 valence electrons. The van der Waals surface area contributed by atoms with Gasteiger partial charge in [-0.25, -0.2) is 0 Å². The molecule has 3 rings (SSSR count). The molecule has 1 fully saturated rings. The highest BCUT2D eigenvalue weighted by molar-refractivity contribution is 9.11. The number of hydrogen-bond acceptors (Lipinski definition) is 3. The Morgan fingerprint density at radius 3 is 2.75 bits per heavy atom. The van der Waals surface area contributed by atoms with E-state index in [1.54, 1.807) is 0 Å². The van der Waals surface area contributed by atoms with E-state index in [9.17, 15) is 0 Å². The summed E-state index contributed by atoms with van der Waals surface area (Å²) in [5.74, 6) is 0. The third kappa shape index (κ3) is 3.14. The van der Waals surface area contributed by atoms with Gasteiger partial charge in [0.25, 0.3) is 0 Å². The van der Waals surface area contributed by atoms with Crippen LogP contribution in [-0.2, 0) is 12.1 Å². The van der Waals surface area contributed by atoms with E-state index >= 15 is 0 Å². The maximum absolute atomic E-state index is 3.69. The Hall–Kier alpha value is -0.680. The third-order valence-electron chi connectivity index (χ3n) is 3.90. The Bertz CT molecular complexity index is 569. The number of rotatable bonds is 3. The van der Waals surface area contributed by atoms with Crippen LogP contribution in [0.3, 0.4) is 0 Å². The van der Waals surface area contributed by atoms with Crippen LogP contribution >= 0.6 is 27.3 Å². The molecule has 1 aliphatic heterocycles. The van der Waals surface area contributed by atoms with Crippen LogP contribution in [-0.4, -0.2) is 24.5 Å². The Morgan fingerprint density at radius 1 is 1.25 bits per heavy atom. The van der Waals surface area contributed by atoms with Crippen LogP contribution in [0.25, 0.3) is 0 Å². The van der Waals surface area contributed by atoms with Gasteiger partial charge in [-0.2, -0.15) is 0 Å². The quantitative estimate of drug-likeness (QED) is 0.904. The van der Waals surface area contributed by atoms with Crippen LogP contribution in [0.5, 0.6) is 0 Å². The summed E-state index contributed by atoms with van der Waals surface area (Å²) in [6, 6.07) is 15.1. The van der Waals surface area contributed by atoms with Gasteiger partial charge < -0.3 is 5.32 Å². The highest BCUT2D eigenvalue weighted by Crippen LogP contribution is 2.27. The van der Waals surface area contributed by atoms with Crippen molar-refractivity contribution in [2.24, 2.45) is 0 Å². The second-order valence-corrected chi connectivity index (χ2v) is 8.09. The molecule has 1 atom stereocenters. The summed E-state index contributed by atoms with van der Waals surface area (Å²) in [5, 5.41) is 3.69. The Morgan fingerprint density at radius 2 is 2.05 bits per heavy atom. The molecule has 2 aromatic rings. The lowest BCUT2D eigenvalue weighted by molar-refractivity contribution is 0.137. The average Bonchev–Trinajstić information content (AvgIpc) is 2.85. The van der Waals surface area contributed by atoms with E-state index in [0.29, 0.717) is 0 Å². The standard InChI is InChI=1S/C16H19BrN2S/c1-16(13-5-3-2-4-6-13)12-19(10-9-18-16)11-14-7-8-15(17)20-14/h2-8,18H,9-12H2,1H3. The lowest BCUT2D eigenvalue weighted by atomic mass is 9.89. The van der Waals surface area contributed by atoms with Crippen LogP contribution < -0.4 is 5.32 Å². The third-order valence-corrected chi connectivity index (χ3v) is 5.51. The Kier molecular flexibility index (Phi) is 4.26. The van der Waals surface area contributed by atoms with Gasteiger partial charge in [-0.15, -0.1) is 11.3 Å². The maximum Gasteiger partial charge on any atom is 0.0701 e. The Labute approximate surface area is 132 Å². The summed E-state index contributed by atoms with van der Waals surface area (Å²) in [5.41, 5.74) is 1.42. The minimum absolute atomic E-state index is 0.0496. The molecule has 1 aromatic heterocycles. The molecule has 0 radical (unpaired) electrons. The fraction of sp³-hybridized carbons (Fsp3) is 0.375. The predicted molar refractivity (Wildman–Crippen MR) is 89.1 cm³/mol. The van der Waals surface area contributed by atoms with Gasteiger partial charge in [0.05, 0.1) is 9.33 Å². The number of benzene rings is 1. The monoisotopic (exact) mass is 350 g/mol. The largest absolute Gasteiger partial charge is 0.305 e. The van der Waals surface area contributed by atoms with E-state index < -0.39 is 0 Å². The Balaban J connectivity index is 1.73. The van der Waals surface area contributed by atoms with Crippen molar-refractivity contribution >= 4 is 27.3 Å². The molecule has 0 bridgehead atoms. The van der Waals surface area contributed by atoms with Gasteiger partial charge in [0.2, 0.25) is 0 Å². The minimum atomic E-state index is 0.0496. The van der Waals surface area contributed by atoms with Gasteiger partial charge in [-0.05, 0) is 40.5 Å². The number of halogens is 1. The number of nitrogens with one attached hydrogen (secondary N) is 1. The summed E-state index contributed by atoms with van der Waals surface area (Å²) < 4.78 is 1.22. The summed E-state index contributed by atoms with van der Waals surface area (Å²) >= 11 is 5.38. The van der Waals surface area contributed by atoms with Crippen molar-refractivity contribution in [2.45, 2.75) is 19.0 Å². The van der Waals surface area contributed by atoms with E-state index in [2.05, 4.69) is 75.5 Å². The van der Waals surface area contributed by atoms with E-state index in [4.69, 9.17) is 0 Å².